The number of hydrazine groups is 1. The summed E-state index contributed by atoms with van der Waals surface area (Å²) in [7, 11) is 0. The largest absolute Gasteiger partial charge is 0.484 e. The molecule has 8 heteroatoms. The van der Waals surface area contributed by atoms with Crippen molar-refractivity contribution >= 4 is 40.7 Å². The molecular formula is C12H14ClN3O3S. The number of hydrogen-bond donors (Lipinski definition) is 3. The molecular weight excluding hydrogens is 302 g/mol. The van der Waals surface area contributed by atoms with E-state index in [2.05, 4.69) is 16.2 Å². The van der Waals surface area contributed by atoms with Gasteiger partial charge in [-0.1, -0.05) is 11.6 Å². The maximum atomic E-state index is 11.5. The van der Waals surface area contributed by atoms with Crippen LogP contribution in [0.25, 0.3) is 0 Å². The maximum Gasteiger partial charge on any atom is 0.276 e. The number of hydrogen-bond acceptors (Lipinski definition) is 4. The average Bonchev–Trinajstić information content (AvgIpc) is 2.37. The fourth-order valence-electron chi connectivity index (χ4n) is 1.21. The lowest BCUT2D eigenvalue weighted by Gasteiger charge is -2.10. The van der Waals surface area contributed by atoms with Crippen molar-refractivity contribution in [1.29, 1.82) is 0 Å². The van der Waals surface area contributed by atoms with E-state index in [-0.39, 0.29) is 17.6 Å². The molecule has 0 heterocycles. The molecule has 3 N–H and O–H groups in total. The van der Waals surface area contributed by atoms with Crippen molar-refractivity contribution in [1.82, 2.24) is 16.2 Å². The molecule has 108 valence electrons. The van der Waals surface area contributed by atoms with Crippen LogP contribution in [-0.4, -0.2) is 23.5 Å². The number of aryl methyl sites for hydroxylation is 1. The first-order chi connectivity index (χ1) is 9.38. The van der Waals surface area contributed by atoms with E-state index in [0.29, 0.717) is 10.8 Å². The SMILES string of the molecule is CC(=O)NC(=S)NNC(=O)COc1ccc(Cl)c(C)c1. The summed E-state index contributed by atoms with van der Waals surface area (Å²) in [5, 5.41) is 2.93. The Hall–Kier alpha value is -1.86. The highest BCUT2D eigenvalue weighted by Crippen LogP contribution is 2.20. The molecule has 1 rings (SSSR count). The van der Waals surface area contributed by atoms with Crippen LogP contribution in [0.2, 0.25) is 5.02 Å². The molecule has 0 aliphatic carbocycles. The van der Waals surface area contributed by atoms with Gasteiger partial charge in [-0.15, -0.1) is 0 Å². The van der Waals surface area contributed by atoms with Crippen LogP contribution in [0.15, 0.2) is 18.2 Å². The van der Waals surface area contributed by atoms with Gasteiger partial charge in [0.1, 0.15) is 5.75 Å². The van der Waals surface area contributed by atoms with Crippen LogP contribution in [0.5, 0.6) is 5.75 Å². The summed E-state index contributed by atoms with van der Waals surface area (Å²) < 4.78 is 5.28. The third-order valence-electron chi connectivity index (χ3n) is 2.10. The number of thiocarbonyl (C=S) groups is 1. The lowest BCUT2D eigenvalue weighted by Crippen LogP contribution is -2.49. The molecule has 0 unspecified atom stereocenters. The van der Waals surface area contributed by atoms with Gasteiger partial charge in [-0.3, -0.25) is 20.4 Å². The average molecular weight is 316 g/mol. The van der Waals surface area contributed by atoms with Gasteiger partial charge in [-0.2, -0.15) is 0 Å². The molecule has 20 heavy (non-hydrogen) atoms. The van der Waals surface area contributed by atoms with Crippen molar-refractivity contribution in [3.63, 3.8) is 0 Å². The third-order valence-corrected chi connectivity index (χ3v) is 2.73. The van der Waals surface area contributed by atoms with Crippen molar-refractivity contribution in [2.24, 2.45) is 0 Å². The van der Waals surface area contributed by atoms with Crippen molar-refractivity contribution in [2.45, 2.75) is 13.8 Å². The Kier molecular flexibility index (Phi) is 6.20. The molecule has 2 amide bonds. The number of carbonyl (C=O) groups excluding carboxylic acids is 2. The van der Waals surface area contributed by atoms with Gasteiger partial charge in [-0.05, 0) is 42.9 Å². The summed E-state index contributed by atoms with van der Waals surface area (Å²) in [5.41, 5.74) is 5.51. The molecule has 0 atom stereocenters. The van der Waals surface area contributed by atoms with Gasteiger partial charge in [0.25, 0.3) is 5.91 Å². The molecule has 0 aliphatic heterocycles. The number of halogens is 1. The lowest BCUT2D eigenvalue weighted by molar-refractivity contribution is -0.124. The lowest BCUT2D eigenvalue weighted by atomic mass is 10.2. The molecule has 1 aromatic rings. The van der Waals surface area contributed by atoms with E-state index in [0.717, 1.165) is 5.56 Å². The van der Waals surface area contributed by atoms with E-state index in [9.17, 15) is 9.59 Å². The third kappa shape index (κ3) is 5.85. The van der Waals surface area contributed by atoms with E-state index >= 15 is 0 Å². The molecule has 0 bridgehead atoms. The Labute approximate surface area is 126 Å². The summed E-state index contributed by atoms with van der Waals surface area (Å²) >= 11 is 10.6. The zero-order chi connectivity index (χ0) is 15.1. The van der Waals surface area contributed by atoms with Crippen molar-refractivity contribution in [3.8, 4) is 5.75 Å². The number of nitrogens with one attached hydrogen (secondary N) is 3. The predicted molar refractivity (Wildman–Crippen MR) is 79.4 cm³/mol. The Balaban J connectivity index is 2.34. The number of carbonyl (C=O) groups is 2. The zero-order valence-corrected chi connectivity index (χ0v) is 12.5. The van der Waals surface area contributed by atoms with E-state index in [1.807, 2.05) is 6.92 Å². The van der Waals surface area contributed by atoms with Crippen LogP contribution in [0.3, 0.4) is 0 Å². The van der Waals surface area contributed by atoms with Crippen LogP contribution in [0, 0.1) is 6.92 Å². The normalized spacial score (nSPS) is 9.55. The Bertz CT molecular complexity index is 537. The summed E-state index contributed by atoms with van der Waals surface area (Å²) in [6.07, 6.45) is 0. The van der Waals surface area contributed by atoms with Crippen molar-refractivity contribution < 1.29 is 14.3 Å². The minimum absolute atomic E-state index is 0.00758. The number of amides is 2. The fourth-order valence-corrected chi connectivity index (χ4v) is 1.52. The minimum atomic E-state index is -0.440. The molecule has 0 radical (unpaired) electrons. The Morgan fingerprint density at radius 1 is 1.35 bits per heavy atom. The van der Waals surface area contributed by atoms with Crippen molar-refractivity contribution in [3.05, 3.63) is 28.8 Å². The second kappa shape index (κ2) is 7.66. The van der Waals surface area contributed by atoms with E-state index in [4.69, 9.17) is 28.6 Å². The molecule has 0 fully saturated rings. The summed E-state index contributed by atoms with van der Waals surface area (Å²) in [6.45, 7) is 2.95. The molecule has 0 aliphatic rings. The molecule has 0 saturated carbocycles. The zero-order valence-electron chi connectivity index (χ0n) is 11.0. The number of benzene rings is 1. The Morgan fingerprint density at radius 2 is 2.05 bits per heavy atom. The number of rotatable bonds is 3. The van der Waals surface area contributed by atoms with Gasteiger partial charge < -0.3 is 10.1 Å². The maximum absolute atomic E-state index is 11.5. The van der Waals surface area contributed by atoms with Gasteiger partial charge in [0.05, 0.1) is 0 Å². The highest BCUT2D eigenvalue weighted by Gasteiger charge is 2.05. The van der Waals surface area contributed by atoms with Gasteiger partial charge in [0.2, 0.25) is 5.91 Å². The molecule has 1 aromatic carbocycles. The number of ether oxygens (including phenoxy) is 1. The first kappa shape index (κ1) is 16.2. The van der Waals surface area contributed by atoms with E-state index < -0.39 is 5.91 Å². The van der Waals surface area contributed by atoms with Crippen LogP contribution < -0.4 is 20.9 Å². The second-order valence-electron chi connectivity index (χ2n) is 3.88. The van der Waals surface area contributed by atoms with Crippen LogP contribution in [0.4, 0.5) is 0 Å². The molecule has 6 nitrogen and oxygen atoms in total. The van der Waals surface area contributed by atoms with Gasteiger partial charge in [0.15, 0.2) is 11.7 Å². The van der Waals surface area contributed by atoms with E-state index in [1.165, 1.54) is 6.92 Å². The second-order valence-corrected chi connectivity index (χ2v) is 4.70. The molecule has 0 aromatic heterocycles. The first-order valence-electron chi connectivity index (χ1n) is 5.64. The van der Waals surface area contributed by atoms with E-state index in [1.54, 1.807) is 18.2 Å². The standard InChI is InChI=1S/C12H14ClN3O3S/c1-7-5-9(3-4-10(7)13)19-6-11(18)15-16-12(20)14-8(2)17/h3-5H,6H2,1-2H3,(H,15,18)(H2,14,16,17,20). The van der Waals surface area contributed by atoms with Crippen LogP contribution in [-0.2, 0) is 9.59 Å². The summed E-state index contributed by atoms with van der Waals surface area (Å²) in [5.74, 6) is -0.235. The first-order valence-corrected chi connectivity index (χ1v) is 6.42. The molecule has 0 spiro atoms. The monoisotopic (exact) mass is 315 g/mol. The highest BCUT2D eigenvalue weighted by atomic mass is 35.5. The molecule has 0 saturated heterocycles. The van der Waals surface area contributed by atoms with Gasteiger partial charge in [0, 0.05) is 11.9 Å². The van der Waals surface area contributed by atoms with Crippen molar-refractivity contribution in [2.75, 3.05) is 6.61 Å². The topological polar surface area (TPSA) is 79.5 Å². The van der Waals surface area contributed by atoms with Gasteiger partial charge >= 0.3 is 0 Å². The smallest absolute Gasteiger partial charge is 0.276 e. The highest BCUT2D eigenvalue weighted by molar-refractivity contribution is 7.80. The Morgan fingerprint density at radius 3 is 2.65 bits per heavy atom. The summed E-state index contributed by atoms with van der Waals surface area (Å²) in [4.78, 5) is 22.1. The predicted octanol–water partition coefficient (Wildman–Crippen LogP) is 1.07. The van der Waals surface area contributed by atoms with Crippen LogP contribution in [0.1, 0.15) is 12.5 Å². The quantitative estimate of drug-likeness (QED) is 0.574. The van der Waals surface area contributed by atoms with Crippen LogP contribution >= 0.6 is 23.8 Å². The fraction of sp³-hybridized carbons (Fsp3) is 0.250. The summed E-state index contributed by atoms with van der Waals surface area (Å²) in [6, 6.07) is 5.08. The van der Waals surface area contributed by atoms with Gasteiger partial charge in [-0.25, -0.2) is 0 Å². The minimum Gasteiger partial charge on any atom is -0.484 e.